The Bertz CT molecular complexity index is 691. The summed E-state index contributed by atoms with van der Waals surface area (Å²) in [5, 5.41) is 0. The van der Waals surface area contributed by atoms with Gasteiger partial charge in [-0.2, -0.15) is 0 Å². The van der Waals surface area contributed by atoms with Crippen molar-refractivity contribution in [2.75, 3.05) is 6.54 Å². The van der Waals surface area contributed by atoms with E-state index in [1.165, 1.54) is 159 Å². The zero-order valence-corrected chi connectivity index (χ0v) is 25.4. The quantitative estimate of drug-likeness (QED) is 0.118. The Kier molecular flexibility index (Phi) is 18.9. The summed E-state index contributed by atoms with van der Waals surface area (Å²) in [7, 11) is 0. The minimum atomic E-state index is 0.696. The van der Waals surface area contributed by atoms with Crippen LogP contribution in [-0.2, 0) is 0 Å². The number of allylic oxidation sites excluding steroid dienone is 6. The lowest BCUT2D eigenvalue weighted by molar-refractivity contribution is 0.501. The van der Waals surface area contributed by atoms with Gasteiger partial charge in [-0.05, 0) is 89.0 Å². The summed E-state index contributed by atoms with van der Waals surface area (Å²) >= 11 is 0. The molecule has 37 heavy (non-hydrogen) atoms. The van der Waals surface area contributed by atoms with Crippen LogP contribution in [0.1, 0.15) is 175 Å². The lowest BCUT2D eigenvalue weighted by atomic mass is 9.89. The summed E-state index contributed by atoms with van der Waals surface area (Å²) in [5.41, 5.74) is 6.50. The summed E-state index contributed by atoms with van der Waals surface area (Å²) in [4.78, 5) is 5.22. The summed E-state index contributed by atoms with van der Waals surface area (Å²) in [6.45, 7) is 7.87. The number of hydrogen-bond donors (Lipinski definition) is 0. The molecule has 1 unspecified atom stereocenters. The first-order valence-corrected chi connectivity index (χ1v) is 16.9. The fraction of sp³-hybridized carbons (Fsp3) is 0.806. The number of rotatable bonds is 15. The minimum absolute atomic E-state index is 0.696. The van der Waals surface area contributed by atoms with Gasteiger partial charge in [-0.15, -0.1) is 0 Å². The number of aliphatic imine (C=N–C) groups is 1. The highest BCUT2D eigenvalue weighted by Crippen LogP contribution is 2.30. The van der Waals surface area contributed by atoms with Crippen molar-refractivity contribution in [3.63, 3.8) is 0 Å². The Balaban J connectivity index is 1.86. The summed E-state index contributed by atoms with van der Waals surface area (Å²) in [6.07, 6.45) is 40.2. The smallest absolute Gasteiger partial charge is 0.0417 e. The summed E-state index contributed by atoms with van der Waals surface area (Å²) in [6, 6.07) is 0. The van der Waals surface area contributed by atoms with Crippen LogP contribution in [0.2, 0.25) is 0 Å². The van der Waals surface area contributed by atoms with Gasteiger partial charge in [0.25, 0.3) is 0 Å². The Labute approximate surface area is 232 Å². The third kappa shape index (κ3) is 14.6. The van der Waals surface area contributed by atoms with Crippen LogP contribution >= 0.6 is 0 Å². The van der Waals surface area contributed by atoms with Crippen LogP contribution in [0.4, 0.5) is 0 Å². The largest absolute Gasteiger partial charge is 0.289 e. The highest BCUT2D eigenvalue weighted by Gasteiger charge is 2.14. The van der Waals surface area contributed by atoms with Gasteiger partial charge in [0.1, 0.15) is 0 Å². The third-order valence-electron chi connectivity index (χ3n) is 8.84. The van der Waals surface area contributed by atoms with E-state index in [4.69, 9.17) is 4.99 Å². The average Bonchev–Trinajstić information content (AvgIpc) is 3.02. The number of hydrogen-bond acceptors (Lipinski definition) is 1. The summed E-state index contributed by atoms with van der Waals surface area (Å²) in [5.74, 6) is 0.696. The molecule has 2 rings (SSSR count). The van der Waals surface area contributed by atoms with Crippen LogP contribution in [0.15, 0.2) is 39.9 Å². The Morgan fingerprint density at radius 2 is 1.24 bits per heavy atom. The van der Waals surface area contributed by atoms with Gasteiger partial charge in [0.2, 0.25) is 0 Å². The molecule has 0 bridgehead atoms. The fourth-order valence-corrected chi connectivity index (χ4v) is 6.44. The van der Waals surface area contributed by atoms with Crippen molar-refractivity contribution in [1.82, 2.24) is 0 Å². The first-order chi connectivity index (χ1) is 18.3. The van der Waals surface area contributed by atoms with Crippen LogP contribution in [0.5, 0.6) is 0 Å². The molecule has 1 nitrogen and oxygen atoms in total. The summed E-state index contributed by atoms with van der Waals surface area (Å²) < 4.78 is 0. The van der Waals surface area contributed by atoms with Crippen LogP contribution in [0.3, 0.4) is 0 Å². The number of unbranched alkanes of at least 4 members (excludes halogenated alkanes) is 9. The Morgan fingerprint density at radius 3 is 1.86 bits per heavy atom. The van der Waals surface area contributed by atoms with Gasteiger partial charge in [0.15, 0.2) is 0 Å². The second kappa shape index (κ2) is 21.8. The maximum atomic E-state index is 5.22. The zero-order chi connectivity index (χ0) is 26.4. The van der Waals surface area contributed by atoms with Crippen molar-refractivity contribution < 1.29 is 0 Å². The molecule has 1 aliphatic carbocycles. The highest BCUT2D eigenvalue weighted by atomic mass is 14.7. The third-order valence-corrected chi connectivity index (χ3v) is 8.84. The average molecular weight is 510 g/mol. The molecule has 0 N–H and O–H groups in total. The van der Waals surface area contributed by atoms with Gasteiger partial charge < -0.3 is 0 Å². The lowest BCUT2D eigenvalue weighted by Gasteiger charge is -2.19. The van der Waals surface area contributed by atoms with E-state index < -0.39 is 0 Å². The second-order valence-electron chi connectivity index (χ2n) is 12.0. The minimum Gasteiger partial charge on any atom is -0.289 e. The molecule has 1 heteroatoms. The molecule has 0 fully saturated rings. The highest BCUT2D eigenvalue weighted by molar-refractivity contribution is 6.02. The van der Waals surface area contributed by atoms with Crippen molar-refractivity contribution in [2.45, 2.75) is 175 Å². The van der Waals surface area contributed by atoms with Gasteiger partial charge in [0.05, 0.1) is 0 Å². The first-order valence-electron chi connectivity index (χ1n) is 16.9. The molecule has 0 aromatic carbocycles. The second-order valence-corrected chi connectivity index (χ2v) is 12.0. The molecule has 1 heterocycles. The van der Waals surface area contributed by atoms with E-state index in [-0.39, 0.29) is 0 Å². The molecule has 0 saturated heterocycles. The standard InChI is InChI=1S/C36H63N/c1-4-7-8-9-10-11-12-13-15-18-24-32(6-3)31-35(23-5-2)36-29-21-27-33-25-19-16-14-17-20-26-34(33)28-22-30-37-36/h5,23,31-32H,4,6-22,24-30H2,1-3H3/b23-5-,34-33-,35-31+,37-36?. The van der Waals surface area contributed by atoms with Crippen LogP contribution < -0.4 is 0 Å². The van der Waals surface area contributed by atoms with E-state index in [1.807, 2.05) is 11.1 Å². The van der Waals surface area contributed by atoms with Crippen LogP contribution in [0, 0.1) is 5.92 Å². The first kappa shape index (κ1) is 32.1. The van der Waals surface area contributed by atoms with E-state index in [1.54, 1.807) is 0 Å². The zero-order valence-electron chi connectivity index (χ0n) is 25.4. The molecular weight excluding hydrogens is 446 g/mol. The predicted molar refractivity (Wildman–Crippen MR) is 168 cm³/mol. The normalized spacial score (nSPS) is 21.6. The van der Waals surface area contributed by atoms with Gasteiger partial charge in [-0.3, -0.25) is 4.99 Å². The molecule has 0 saturated carbocycles. The van der Waals surface area contributed by atoms with E-state index in [9.17, 15) is 0 Å². The molecule has 212 valence electrons. The molecule has 0 aromatic heterocycles. The monoisotopic (exact) mass is 509 g/mol. The van der Waals surface area contributed by atoms with E-state index in [2.05, 4.69) is 39.0 Å². The van der Waals surface area contributed by atoms with Crippen molar-refractivity contribution in [2.24, 2.45) is 10.9 Å². The van der Waals surface area contributed by atoms with Gasteiger partial charge in [-0.25, -0.2) is 0 Å². The van der Waals surface area contributed by atoms with E-state index in [0.29, 0.717) is 5.92 Å². The number of nitrogens with zero attached hydrogens (tertiary/aromatic N) is 1. The molecular formula is C36H63N. The SMILES string of the molecule is C/C=C\C(=C/C(CC)CCCCCCCCCCCC)C1=NCCC/C2=C(/CCCCCCC2)CCC1. The molecule has 0 radical (unpaired) electrons. The van der Waals surface area contributed by atoms with Gasteiger partial charge in [0, 0.05) is 12.3 Å². The van der Waals surface area contributed by atoms with Crippen LogP contribution in [0.25, 0.3) is 0 Å². The van der Waals surface area contributed by atoms with Crippen molar-refractivity contribution >= 4 is 5.71 Å². The maximum absolute atomic E-state index is 5.22. The molecule has 1 atom stereocenters. The Morgan fingerprint density at radius 1 is 0.676 bits per heavy atom. The molecule has 1 aliphatic heterocycles. The molecule has 0 aromatic rings. The molecule has 0 spiro atoms. The molecule has 0 amide bonds. The topological polar surface area (TPSA) is 12.4 Å². The van der Waals surface area contributed by atoms with E-state index in [0.717, 1.165) is 13.0 Å². The molecule has 2 aliphatic rings. The van der Waals surface area contributed by atoms with Crippen molar-refractivity contribution in [3.05, 3.63) is 34.9 Å². The lowest BCUT2D eigenvalue weighted by Crippen LogP contribution is -2.08. The fourth-order valence-electron chi connectivity index (χ4n) is 6.44. The van der Waals surface area contributed by atoms with Crippen molar-refractivity contribution in [1.29, 1.82) is 0 Å². The van der Waals surface area contributed by atoms with Crippen molar-refractivity contribution in [3.8, 4) is 0 Å². The van der Waals surface area contributed by atoms with E-state index >= 15 is 0 Å². The Hall–Kier alpha value is -1.11. The van der Waals surface area contributed by atoms with Crippen LogP contribution in [-0.4, -0.2) is 12.3 Å². The predicted octanol–water partition coefficient (Wildman–Crippen LogP) is 12.3. The van der Waals surface area contributed by atoms with Gasteiger partial charge in [-0.1, -0.05) is 127 Å². The van der Waals surface area contributed by atoms with Gasteiger partial charge >= 0.3 is 0 Å². The maximum Gasteiger partial charge on any atom is 0.0417 e.